The molecule has 4 rings (SSSR count). The standard InChI is InChI=1S/C23H24N2/c1-24-22-16-18-11-5-7-13-20(18)23(22)25-21-14-8-6-12-19(21)15-17-9-3-2-4-10-17/h2-14,22-25H,15-16H2,1H3/t22-,23-/m1/s1. The van der Waals surface area contributed by atoms with Gasteiger partial charge >= 0.3 is 0 Å². The molecular formula is C23H24N2. The Bertz CT molecular complexity index is 841. The monoisotopic (exact) mass is 328 g/mol. The quantitative estimate of drug-likeness (QED) is 0.716. The Morgan fingerprint density at radius 1 is 0.840 bits per heavy atom. The van der Waals surface area contributed by atoms with Gasteiger partial charge in [-0.25, -0.2) is 0 Å². The molecule has 0 saturated heterocycles. The number of hydrogen-bond acceptors (Lipinski definition) is 2. The van der Waals surface area contributed by atoms with E-state index in [9.17, 15) is 0 Å². The molecule has 2 N–H and O–H groups in total. The van der Waals surface area contributed by atoms with Crippen LogP contribution < -0.4 is 10.6 Å². The summed E-state index contributed by atoms with van der Waals surface area (Å²) >= 11 is 0. The van der Waals surface area contributed by atoms with E-state index in [0.717, 1.165) is 12.8 Å². The van der Waals surface area contributed by atoms with E-state index in [4.69, 9.17) is 0 Å². The Labute approximate surface area is 149 Å². The van der Waals surface area contributed by atoms with Gasteiger partial charge in [0.15, 0.2) is 0 Å². The van der Waals surface area contributed by atoms with Crippen LogP contribution in [0.3, 0.4) is 0 Å². The molecule has 2 heteroatoms. The van der Waals surface area contributed by atoms with Crippen molar-refractivity contribution in [2.24, 2.45) is 0 Å². The van der Waals surface area contributed by atoms with Gasteiger partial charge in [-0.15, -0.1) is 0 Å². The van der Waals surface area contributed by atoms with Crippen LogP contribution in [0.4, 0.5) is 5.69 Å². The third-order valence-electron chi connectivity index (χ3n) is 5.17. The summed E-state index contributed by atoms with van der Waals surface area (Å²) in [5, 5.41) is 7.31. The number of anilines is 1. The summed E-state index contributed by atoms with van der Waals surface area (Å²) in [5.74, 6) is 0. The summed E-state index contributed by atoms with van der Waals surface area (Å²) in [7, 11) is 2.06. The van der Waals surface area contributed by atoms with Crippen LogP contribution in [-0.4, -0.2) is 13.1 Å². The third-order valence-corrected chi connectivity index (χ3v) is 5.17. The van der Waals surface area contributed by atoms with E-state index in [-0.39, 0.29) is 0 Å². The lowest BCUT2D eigenvalue weighted by atomic mass is 10.0. The van der Waals surface area contributed by atoms with Crippen molar-refractivity contribution >= 4 is 5.69 Å². The zero-order valence-corrected chi connectivity index (χ0v) is 14.6. The van der Waals surface area contributed by atoms with Gasteiger partial charge in [0.2, 0.25) is 0 Å². The lowest BCUT2D eigenvalue weighted by molar-refractivity contribution is 0.529. The van der Waals surface area contributed by atoms with Crippen LogP contribution in [-0.2, 0) is 12.8 Å². The Morgan fingerprint density at radius 3 is 2.40 bits per heavy atom. The van der Waals surface area contributed by atoms with Gasteiger partial charge in [0.05, 0.1) is 6.04 Å². The first-order valence-corrected chi connectivity index (χ1v) is 8.98. The average Bonchev–Trinajstić information content (AvgIpc) is 3.02. The van der Waals surface area contributed by atoms with Gasteiger partial charge < -0.3 is 10.6 Å². The molecule has 0 saturated carbocycles. The molecule has 0 aromatic heterocycles. The highest BCUT2D eigenvalue weighted by Gasteiger charge is 2.31. The number of rotatable bonds is 5. The number of para-hydroxylation sites is 1. The first-order valence-electron chi connectivity index (χ1n) is 8.98. The van der Waals surface area contributed by atoms with Crippen molar-refractivity contribution in [1.82, 2.24) is 5.32 Å². The molecule has 0 bridgehead atoms. The van der Waals surface area contributed by atoms with Crippen molar-refractivity contribution in [3.63, 3.8) is 0 Å². The molecule has 0 aliphatic heterocycles. The predicted octanol–water partition coefficient (Wildman–Crippen LogP) is 4.57. The smallest absolute Gasteiger partial charge is 0.0672 e. The van der Waals surface area contributed by atoms with Crippen LogP contribution in [0, 0.1) is 0 Å². The van der Waals surface area contributed by atoms with E-state index in [1.165, 1.54) is 27.9 Å². The lowest BCUT2D eigenvalue weighted by Gasteiger charge is -2.24. The van der Waals surface area contributed by atoms with Crippen LogP contribution in [0.5, 0.6) is 0 Å². The van der Waals surface area contributed by atoms with Gasteiger partial charge in [-0.1, -0.05) is 72.8 Å². The summed E-state index contributed by atoms with van der Waals surface area (Å²) < 4.78 is 0. The van der Waals surface area contributed by atoms with Crippen molar-refractivity contribution in [2.45, 2.75) is 24.9 Å². The highest BCUT2D eigenvalue weighted by Crippen LogP contribution is 2.35. The molecule has 3 aromatic rings. The molecular weight excluding hydrogens is 304 g/mol. The maximum Gasteiger partial charge on any atom is 0.0672 e. The van der Waals surface area contributed by atoms with Crippen LogP contribution in [0.15, 0.2) is 78.9 Å². The van der Waals surface area contributed by atoms with Crippen LogP contribution in [0.2, 0.25) is 0 Å². The zero-order valence-electron chi connectivity index (χ0n) is 14.6. The molecule has 3 aromatic carbocycles. The van der Waals surface area contributed by atoms with E-state index in [2.05, 4.69) is 96.5 Å². The van der Waals surface area contributed by atoms with Crippen molar-refractivity contribution in [3.05, 3.63) is 101 Å². The van der Waals surface area contributed by atoms with Gasteiger partial charge in [0, 0.05) is 11.7 Å². The van der Waals surface area contributed by atoms with Gasteiger partial charge in [0.1, 0.15) is 0 Å². The molecule has 0 heterocycles. The van der Waals surface area contributed by atoms with Gasteiger partial charge in [-0.05, 0) is 48.2 Å². The molecule has 0 amide bonds. The molecule has 0 fully saturated rings. The maximum absolute atomic E-state index is 3.82. The SMILES string of the molecule is CN[C@@H]1Cc2ccccc2[C@H]1Nc1ccccc1Cc1ccccc1. The van der Waals surface area contributed by atoms with Gasteiger partial charge in [-0.2, -0.15) is 0 Å². The molecule has 2 atom stereocenters. The number of fused-ring (bicyclic) bond motifs is 1. The van der Waals surface area contributed by atoms with Crippen molar-refractivity contribution in [1.29, 1.82) is 0 Å². The minimum atomic E-state index is 0.304. The Balaban J connectivity index is 1.63. The number of likely N-dealkylation sites (N-methyl/N-ethyl adjacent to an activating group) is 1. The molecule has 25 heavy (non-hydrogen) atoms. The first-order chi connectivity index (χ1) is 12.3. The van der Waals surface area contributed by atoms with E-state index in [1.54, 1.807) is 0 Å². The van der Waals surface area contributed by atoms with Crippen LogP contribution >= 0.6 is 0 Å². The van der Waals surface area contributed by atoms with Crippen molar-refractivity contribution in [3.8, 4) is 0 Å². The summed E-state index contributed by atoms with van der Waals surface area (Å²) in [5.41, 5.74) is 6.77. The number of hydrogen-bond donors (Lipinski definition) is 2. The van der Waals surface area contributed by atoms with Gasteiger partial charge in [-0.3, -0.25) is 0 Å². The molecule has 2 nitrogen and oxygen atoms in total. The number of nitrogens with one attached hydrogen (secondary N) is 2. The highest BCUT2D eigenvalue weighted by atomic mass is 15.0. The lowest BCUT2D eigenvalue weighted by Crippen LogP contribution is -2.33. The molecule has 0 unspecified atom stereocenters. The molecule has 0 spiro atoms. The Kier molecular flexibility index (Phi) is 4.53. The Hall–Kier alpha value is -2.58. The van der Waals surface area contributed by atoms with Crippen molar-refractivity contribution < 1.29 is 0 Å². The third kappa shape index (κ3) is 3.31. The fourth-order valence-corrected chi connectivity index (χ4v) is 3.84. The minimum Gasteiger partial charge on any atom is -0.376 e. The summed E-state index contributed by atoms with van der Waals surface area (Å²) in [6, 6.07) is 28.8. The van der Waals surface area contributed by atoms with Gasteiger partial charge in [0.25, 0.3) is 0 Å². The maximum atomic E-state index is 3.82. The average molecular weight is 328 g/mol. The summed E-state index contributed by atoms with van der Waals surface area (Å²) in [6.45, 7) is 0. The van der Waals surface area contributed by atoms with Crippen LogP contribution in [0.1, 0.15) is 28.3 Å². The largest absolute Gasteiger partial charge is 0.376 e. The fraction of sp³-hybridized carbons (Fsp3) is 0.217. The highest BCUT2D eigenvalue weighted by molar-refractivity contribution is 5.56. The Morgan fingerprint density at radius 2 is 1.56 bits per heavy atom. The normalized spacial score (nSPS) is 18.8. The first kappa shape index (κ1) is 15.9. The zero-order chi connectivity index (χ0) is 17.1. The van der Waals surface area contributed by atoms with Crippen LogP contribution in [0.25, 0.3) is 0 Å². The molecule has 126 valence electrons. The predicted molar refractivity (Wildman–Crippen MR) is 105 cm³/mol. The molecule has 1 aliphatic rings. The minimum absolute atomic E-state index is 0.304. The summed E-state index contributed by atoms with van der Waals surface area (Å²) in [4.78, 5) is 0. The van der Waals surface area contributed by atoms with E-state index < -0.39 is 0 Å². The topological polar surface area (TPSA) is 24.1 Å². The molecule has 0 radical (unpaired) electrons. The van der Waals surface area contributed by atoms with Crippen molar-refractivity contribution in [2.75, 3.05) is 12.4 Å². The van der Waals surface area contributed by atoms with E-state index in [0.29, 0.717) is 12.1 Å². The second-order valence-electron chi connectivity index (χ2n) is 6.74. The second kappa shape index (κ2) is 7.12. The summed E-state index contributed by atoms with van der Waals surface area (Å²) in [6.07, 6.45) is 2.02. The number of benzene rings is 3. The van der Waals surface area contributed by atoms with E-state index >= 15 is 0 Å². The molecule has 1 aliphatic carbocycles. The second-order valence-corrected chi connectivity index (χ2v) is 6.74. The fourth-order valence-electron chi connectivity index (χ4n) is 3.84. The van der Waals surface area contributed by atoms with E-state index in [1.807, 2.05) is 0 Å².